The zero-order valence-corrected chi connectivity index (χ0v) is 9.14. The Hall–Kier alpha value is -1.13. The van der Waals surface area contributed by atoms with Gasteiger partial charge in [-0.3, -0.25) is 0 Å². The number of nitrogens with one attached hydrogen (secondary N) is 1. The molecule has 0 unspecified atom stereocenters. The van der Waals surface area contributed by atoms with Crippen LogP contribution in [0.2, 0.25) is 0 Å². The van der Waals surface area contributed by atoms with E-state index < -0.39 is 0 Å². The van der Waals surface area contributed by atoms with E-state index in [9.17, 15) is 0 Å². The first-order valence-electron chi connectivity index (χ1n) is 4.50. The van der Waals surface area contributed by atoms with Crippen molar-refractivity contribution in [2.24, 2.45) is 7.05 Å². The molecule has 0 radical (unpaired) electrons. The normalized spacial score (nSPS) is 10.7. The lowest BCUT2D eigenvalue weighted by Gasteiger charge is -1.91. The largest absolute Gasteiger partial charge is 0.340 e. The van der Waals surface area contributed by atoms with Crippen molar-refractivity contribution < 1.29 is 0 Å². The van der Waals surface area contributed by atoms with Gasteiger partial charge >= 0.3 is 0 Å². The summed E-state index contributed by atoms with van der Waals surface area (Å²) in [5.74, 6) is 0. The Morgan fingerprint density at radius 2 is 2.43 bits per heavy atom. The van der Waals surface area contributed by atoms with Crippen molar-refractivity contribution in [3.63, 3.8) is 0 Å². The third kappa shape index (κ3) is 1.86. The van der Waals surface area contributed by atoms with E-state index in [-0.39, 0.29) is 0 Å². The van der Waals surface area contributed by atoms with Crippen molar-refractivity contribution in [2.45, 2.75) is 6.54 Å². The molecule has 0 saturated heterocycles. The SMILES string of the molecule is CNCc1cc(-c2cn(C)cn2)cs1. The topological polar surface area (TPSA) is 29.9 Å². The van der Waals surface area contributed by atoms with Crippen LogP contribution in [0.15, 0.2) is 24.0 Å². The fourth-order valence-corrected chi connectivity index (χ4v) is 2.23. The first kappa shape index (κ1) is 9.43. The summed E-state index contributed by atoms with van der Waals surface area (Å²) in [6.07, 6.45) is 3.86. The average Bonchev–Trinajstić information content (AvgIpc) is 2.74. The zero-order chi connectivity index (χ0) is 9.97. The summed E-state index contributed by atoms with van der Waals surface area (Å²) in [5.41, 5.74) is 2.26. The predicted molar refractivity (Wildman–Crippen MR) is 59.3 cm³/mol. The van der Waals surface area contributed by atoms with Crippen LogP contribution in [0.1, 0.15) is 4.88 Å². The van der Waals surface area contributed by atoms with Gasteiger partial charge in [-0.25, -0.2) is 4.98 Å². The molecule has 0 aromatic carbocycles. The first-order valence-corrected chi connectivity index (χ1v) is 5.38. The Morgan fingerprint density at radius 3 is 3.07 bits per heavy atom. The monoisotopic (exact) mass is 207 g/mol. The van der Waals surface area contributed by atoms with Crippen molar-refractivity contribution in [3.05, 3.63) is 28.8 Å². The maximum absolute atomic E-state index is 4.31. The van der Waals surface area contributed by atoms with E-state index >= 15 is 0 Å². The fraction of sp³-hybridized carbons (Fsp3) is 0.300. The summed E-state index contributed by atoms with van der Waals surface area (Å²) < 4.78 is 1.96. The number of aromatic nitrogens is 2. The van der Waals surface area contributed by atoms with Gasteiger partial charge in [0, 0.05) is 35.6 Å². The molecule has 2 aromatic rings. The van der Waals surface area contributed by atoms with Crippen molar-refractivity contribution >= 4 is 11.3 Å². The quantitative estimate of drug-likeness (QED) is 0.832. The number of imidazole rings is 1. The lowest BCUT2D eigenvalue weighted by Crippen LogP contribution is -2.02. The smallest absolute Gasteiger partial charge is 0.0951 e. The second-order valence-electron chi connectivity index (χ2n) is 3.26. The molecule has 0 fully saturated rings. The average molecular weight is 207 g/mol. The molecule has 0 saturated carbocycles. The summed E-state index contributed by atoms with van der Waals surface area (Å²) in [6, 6.07) is 2.18. The Labute approximate surface area is 87.4 Å². The lowest BCUT2D eigenvalue weighted by atomic mass is 10.2. The van der Waals surface area contributed by atoms with E-state index in [0.717, 1.165) is 12.2 Å². The molecule has 0 aliphatic rings. The van der Waals surface area contributed by atoms with Crippen molar-refractivity contribution in [1.29, 1.82) is 0 Å². The van der Waals surface area contributed by atoms with Gasteiger partial charge in [-0.05, 0) is 13.1 Å². The molecule has 1 N–H and O–H groups in total. The second-order valence-corrected chi connectivity index (χ2v) is 4.25. The van der Waals surface area contributed by atoms with Gasteiger partial charge in [-0.1, -0.05) is 0 Å². The van der Waals surface area contributed by atoms with E-state index in [0.29, 0.717) is 0 Å². The highest BCUT2D eigenvalue weighted by molar-refractivity contribution is 7.10. The molecule has 0 aliphatic carbocycles. The minimum Gasteiger partial charge on any atom is -0.340 e. The summed E-state index contributed by atoms with van der Waals surface area (Å²) in [7, 11) is 3.94. The second kappa shape index (κ2) is 3.94. The van der Waals surface area contributed by atoms with Crippen LogP contribution in [-0.2, 0) is 13.6 Å². The van der Waals surface area contributed by atoms with Gasteiger partial charge in [-0.2, -0.15) is 0 Å². The van der Waals surface area contributed by atoms with Gasteiger partial charge in [-0.15, -0.1) is 11.3 Å². The molecule has 0 aliphatic heterocycles. The Balaban J connectivity index is 2.24. The summed E-state index contributed by atoms with van der Waals surface area (Å²) in [5, 5.41) is 5.29. The van der Waals surface area contributed by atoms with Gasteiger partial charge in [0.15, 0.2) is 0 Å². The van der Waals surface area contributed by atoms with Crippen LogP contribution in [0.4, 0.5) is 0 Å². The Morgan fingerprint density at radius 1 is 1.57 bits per heavy atom. The van der Waals surface area contributed by atoms with Crippen LogP contribution < -0.4 is 5.32 Å². The van der Waals surface area contributed by atoms with Crippen molar-refractivity contribution in [3.8, 4) is 11.3 Å². The summed E-state index contributed by atoms with van der Waals surface area (Å²) in [6.45, 7) is 0.928. The van der Waals surface area contributed by atoms with Crippen LogP contribution in [-0.4, -0.2) is 16.6 Å². The van der Waals surface area contributed by atoms with E-state index in [4.69, 9.17) is 0 Å². The standard InChI is InChI=1S/C10H13N3S/c1-11-4-9-3-8(6-14-9)10-5-13(2)7-12-10/h3,5-7,11H,4H2,1-2H3. The minimum atomic E-state index is 0.928. The molecule has 0 bridgehead atoms. The number of hydrogen-bond acceptors (Lipinski definition) is 3. The highest BCUT2D eigenvalue weighted by Gasteiger charge is 2.03. The van der Waals surface area contributed by atoms with E-state index in [1.165, 1.54) is 10.4 Å². The van der Waals surface area contributed by atoms with Crippen molar-refractivity contribution in [2.75, 3.05) is 7.05 Å². The Kier molecular flexibility index (Phi) is 2.65. The molecular weight excluding hydrogens is 194 g/mol. The van der Waals surface area contributed by atoms with Gasteiger partial charge in [0.25, 0.3) is 0 Å². The third-order valence-corrected chi connectivity index (χ3v) is 2.94. The maximum atomic E-state index is 4.31. The lowest BCUT2D eigenvalue weighted by molar-refractivity contribution is 0.831. The number of rotatable bonds is 3. The van der Waals surface area contributed by atoms with Crippen molar-refractivity contribution in [1.82, 2.24) is 14.9 Å². The van der Waals surface area contributed by atoms with Gasteiger partial charge in [0.05, 0.1) is 12.0 Å². The van der Waals surface area contributed by atoms with Gasteiger partial charge in [0.2, 0.25) is 0 Å². The van der Waals surface area contributed by atoms with Crippen LogP contribution in [0, 0.1) is 0 Å². The number of aryl methyl sites for hydroxylation is 1. The molecule has 0 amide bonds. The van der Waals surface area contributed by atoms with E-state index in [1.807, 2.05) is 31.2 Å². The first-order chi connectivity index (χ1) is 6.79. The number of nitrogens with zero attached hydrogens (tertiary/aromatic N) is 2. The van der Waals surface area contributed by atoms with Crippen LogP contribution in [0.5, 0.6) is 0 Å². The van der Waals surface area contributed by atoms with Gasteiger partial charge < -0.3 is 9.88 Å². The van der Waals surface area contributed by atoms with E-state index in [1.54, 1.807) is 11.3 Å². The molecule has 0 atom stereocenters. The predicted octanol–water partition coefficient (Wildman–Crippen LogP) is 1.87. The molecule has 2 aromatic heterocycles. The van der Waals surface area contributed by atoms with E-state index in [2.05, 4.69) is 21.7 Å². The van der Waals surface area contributed by atoms with Gasteiger partial charge in [0.1, 0.15) is 0 Å². The fourth-order valence-electron chi connectivity index (χ4n) is 1.34. The molecule has 14 heavy (non-hydrogen) atoms. The van der Waals surface area contributed by atoms with Crippen LogP contribution in [0.25, 0.3) is 11.3 Å². The zero-order valence-electron chi connectivity index (χ0n) is 8.32. The number of thiophene rings is 1. The molecule has 2 rings (SSSR count). The third-order valence-electron chi connectivity index (χ3n) is 2.01. The molecule has 4 heteroatoms. The molecule has 2 heterocycles. The highest BCUT2D eigenvalue weighted by Crippen LogP contribution is 2.23. The molecule has 0 spiro atoms. The molecular formula is C10H13N3S. The maximum Gasteiger partial charge on any atom is 0.0951 e. The minimum absolute atomic E-state index is 0.928. The van der Waals surface area contributed by atoms with Crippen LogP contribution in [0.3, 0.4) is 0 Å². The van der Waals surface area contributed by atoms with Crippen LogP contribution >= 0.6 is 11.3 Å². The summed E-state index contributed by atoms with van der Waals surface area (Å²) >= 11 is 1.77. The molecule has 74 valence electrons. The molecule has 3 nitrogen and oxygen atoms in total. The highest BCUT2D eigenvalue weighted by atomic mass is 32.1. The Bertz CT molecular complexity index is 416. The summed E-state index contributed by atoms with van der Waals surface area (Å²) in [4.78, 5) is 5.65. The number of hydrogen-bond donors (Lipinski definition) is 1.